The van der Waals surface area contributed by atoms with Gasteiger partial charge in [0.1, 0.15) is 5.75 Å². The Kier molecular flexibility index (Phi) is 8.00. The van der Waals surface area contributed by atoms with Crippen LogP contribution in [0.3, 0.4) is 0 Å². The highest BCUT2D eigenvalue weighted by atomic mass is 35.5. The fraction of sp³-hybridized carbons (Fsp3) is 0.240. The van der Waals surface area contributed by atoms with Gasteiger partial charge in [-0.05, 0) is 60.0 Å². The second-order valence-corrected chi connectivity index (χ2v) is 9.93. The molecule has 0 aromatic heterocycles. The van der Waals surface area contributed by atoms with Crippen LogP contribution in [0.5, 0.6) is 5.75 Å². The molecule has 0 aliphatic carbocycles. The fourth-order valence-corrected chi connectivity index (χ4v) is 4.53. The average molecular weight is 487 g/mol. The topological polar surface area (TPSA) is 75.7 Å². The first-order valence-corrected chi connectivity index (χ1v) is 12.7. The monoisotopic (exact) mass is 486 g/mol. The SMILES string of the molecule is CC[C@H](NC(=O)c1ccc(N(Cc2ccccc2Cl)S(C)(=O)=O)cc1)c1ccc(OC)cc1. The van der Waals surface area contributed by atoms with Crippen molar-refractivity contribution in [3.8, 4) is 5.75 Å². The van der Waals surface area contributed by atoms with E-state index in [-0.39, 0.29) is 18.5 Å². The summed E-state index contributed by atoms with van der Waals surface area (Å²) >= 11 is 6.22. The summed E-state index contributed by atoms with van der Waals surface area (Å²) in [7, 11) is -1.96. The summed E-state index contributed by atoms with van der Waals surface area (Å²) in [6.45, 7) is 2.09. The number of anilines is 1. The zero-order valence-corrected chi connectivity index (χ0v) is 20.4. The van der Waals surface area contributed by atoms with Crippen LogP contribution in [-0.4, -0.2) is 27.7 Å². The van der Waals surface area contributed by atoms with Crippen molar-refractivity contribution in [2.24, 2.45) is 0 Å². The minimum absolute atomic E-state index is 0.0967. The second kappa shape index (κ2) is 10.7. The molecule has 1 atom stereocenters. The molecule has 8 heteroatoms. The number of nitrogens with zero attached hydrogens (tertiary/aromatic N) is 1. The van der Waals surface area contributed by atoms with E-state index in [2.05, 4.69) is 5.32 Å². The quantitative estimate of drug-likeness (QED) is 0.451. The van der Waals surface area contributed by atoms with E-state index >= 15 is 0 Å². The number of amides is 1. The minimum atomic E-state index is -3.57. The van der Waals surface area contributed by atoms with Crippen molar-refractivity contribution in [3.63, 3.8) is 0 Å². The Labute approximate surface area is 200 Å². The van der Waals surface area contributed by atoms with Gasteiger partial charge in [0.05, 0.1) is 31.6 Å². The van der Waals surface area contributed by atoms with E-state index in [0.717, 1.165) is 24.0 Å². The predicted molar refractivity (Wildman–Crippen MR) is 132 cm³/mol. The summed E-state index contributed by atoms with van der Waals surface area (Å²) in [4.78, 5) is 12.8. The number of benzene rings is 3. The Balaban J connectivity index is 1.77. The lowest BCUT2D eigenvalue weighted by atomic mass is 10.0. The van der Waals surface area contributed by atoms with Gasteiger partial charge in [0.15, 0.2) is 0 Å². The molecule has 0 saturated heterocycles. The first-order valence-electron chi connectivity index (χ1n) is 10.5. The smallest absolute Gasteiger partial charge is 0.251 e. The maximum absolute atomic E-state index is 12.8. The number of carbonyl (C=O) groups is 1. The lowest BCUT2D eigenvalue weighted by Gasteiger charge is -2.23. The number of halogens is 1. The maximum atomic E-state index is 12.8. The van der Waals surface area contributed by atoms with Crippen LogP contribution in [0, 0.1) is 0 Å². The Morgan fingerprint density at radius 1 is 1.03 bits per heavy atom. The third-order valence-electron chi connectivity index (χ3n) is 5.32. The van der Waals surface area contributed by atoms with Crippen molar-refractivity contribution in [1.82, 2.24) is 5.32 Å². The van der Waals surface area contributed by atoms with Crippen molar-refractivity contribution in [3.05, 3.63) is 94.5 Å². The summed E-state index contributed by atoms with van der Waals surface area (Å²) in [5, 5.41) is 3.53. The molecule has 0 aliphatic heterocycles. The number of hydrogen-bond donors (Lipinski definition) is 1. The van der Waals surface area contributed by atoms with Gasteiger partial charge < -0.3 is 10.1 Å². The van der Waals surface area contributed by atoms with Gasteiger partial charge >= 0.3 is 0 Å². The number of methoxy groups -OCH3 is 1. The van der Waals surface area contributed by atoms with Crippen molar-refractivity contribution in [1.29, 1.82) is 0 Å². The molecule has 6 nitrogen and oxygen atoms in total. The molecule has 1 N–H and O–H groups in total. The summed E-state index contributed by atoms with van der Waals surface area (Å²) in [6, 6.07) is 21.0. The second-order valence-electron chi connectivity index (χ2n) is 7.62. The number of hydrogen-bond acceptors (Lipinski definition) is 4. The third-order valence-corrected chi connectivity index (χ3v) is 6.83. The van der Waals surface area contributed by atoms with E-state index in [1.165, 1.54) is 4.31 Å². The predicted octanol–water partition coefficient (Wildman–Crippen LogP) is 5.20. The highest BCUT2D eigenvalue weighted by Crippen LogP contribution is 2.25. The summed E-state index contributed by atoms with van der Waals surface area (Å²) in [5.74, 6) is 0.518. The van der Waals surface area contributed by atoms with Gasteiger partial charge in [0.25, 0.3) is 5.91 Å². The summed E-state index contributed by atoms with van der Waals surface area (Å²) in [5.41, 5.74) is 2.57. The van der Waals surface area contributed by atoms with Crippen molar-refractivity contribution >= 4 is 33.2 Å². The van der Waals surface area contributed by atoms with Crippen LogP contribution in [-0.2, 0) is 16.6 Å². The molecule has 0 bridgehead atoms. The number of ether oxygens (including phenoxy) is 1. The van der Waals surface area contributed by atoms with E-state index in [1.807, 2.05) is 37.3 Å². The number of sulfonamides is 1. The number of rotatable bonds is 9. The maximum Gasteiger partial charge on any atom is 0.251 e. The summed E-state index contributed by atoms with van der Waals surface area (Å²) < 4.78 is 31.4. The van der Waals surface area contributed by atoms with Crippen LogP contribution in [0.2, 0.25) is 5.02 Å². The third kappa shape index (κ3) is 6.27. The summed E-state index contributed by atoms with van der Waals surface area (Å²) in [6.07, 6.45) is 1.86. The van der Waals surface area contributed by atoms with Gasteiger partial charge in [-0.1, -0.05) is 48.9 Å². The molecular formula is C25H27ClN2O4S. The molecule has 0 unspecified atom stereocenters. The van der Waals surface area contributed by atoms with Gasteiger partial charge in [0.2, 0.25) is 10.0 Å². The fourth-order valence-electron chi connectivity index (χ4n) is 3.46. The first-order chi connectivity index (χ1) is 15.7. The molecule has 0 saturated carbocycles. The molecule has 174 valence electrons. The normalized spacial score (nSPS) is 12.1. The van der Waals surface area contributed by atoms with Crippen LogP contribution in [0.4, 0.5) is 5.69 Å². The highest BCUT2D eigenvalue weighted by Gasteiger charge is 2.20. The van der Waals surface area contributed by atoms with Crippen molar-refractivity contribution in [2.75, 3.05) is 17.7 Å². The molecule has 0 fully saturated rings. The molecule has 1 amide bonds. The number of nitrogens with one attached hydrogen (secondary N) is 1. The van der Waals surface area contributed by atoms with E-state index in [0.29, 0.717) is 21.8 Å². The van der Waals surface area contributed by atoms with Gasteiger partial charge in [-0.15, -0.1) is 0 Å². The Hall–Kier alpha value is -3.03. The molecule has 0 spiro atoms. The first kappa shape index (κ1) is 24.6. The molecular weight excluding hydrogens is 460 g/mol. The van der Waals surface area contributed by atoms with Crippen LogP contribution >= 0.6 is 11.6 Å². The Morgan fingerprint density at radius 3 is 2.21 bits per heavy atom. The largest absolute Gasteiger partial charge is 0.497 e. The van der Waals surface area contributed by atoms with E-state index in [4.69, 9.17) is 16.3 Å². The lowest BCUT2D eigenvalue weighted by molar-refractivity contribution is 0.0935. The van der Waals surface area contributed by atoms with Gasteiger partial charge in [-0.25, -0.2) is 8.42 Å². The van der Waals surface area contributed by atoms with Crippen LogP contribution in [0.1, 0.15) is 40.9 Å². The average Bonchev–Trinajstić information content (AvgIpc) is 2.81. The van der Waals surface area contributed by atoms with Crippen LogP contribution in [0.15, 0.2) is 72.8 Å². The van der Waals surface area contributed by atoms with Gasteiger partial charge in [-0.3, -0.25) is 9.10 Å². The van der Waals surface area contributed by atoms with Crippen LogP contribution < -0.4 is 14.4 Å². The molecule has 3 aromatic carbocycles. The van der Waals surface area contributed by atoms with Gasteiger partial charge in [-0.2, -0.15) is 0 Å². The minimum Gasteiger partial charge on any atom is -0.497 e. The zero-order valence-electron chi connectivity index (χ0n) is 18.8. The lowest BCUT2D eigenvalue weighted by Crippen LogP contribution is -2.30. The van der Waals surface area contributed by atoms with Crippen molar-refractivity contribution < 1.29 is 17.9 Å². The molecule has 0 radical (unpaired) electrons. The van der Waals surface area contributed by atoms with E-state index in [1.54, 1.807) is 49.6 Å². The Morgan fingerprint density at radius 2 is 1.67 bits per heavy atom. The molecule has 0 aliphatic rings. The molecule has 0 heterocycles. The molecule has 3 rings (SSSR count). The van der Waals surface area contributed by atoms with Gasteiger partial charge in [0, 0.05) is 10.6 Å². The van der Waals surface area contributed by atoms with E-state index in [9.17, 15) is 13.2 Å². The Bertz CT molecular complexity index is 1200. The van der Waals surface area contributed by atoms with Crippen molar-refractivity contribution in [2.45, 2.75) is 25.9 Å². The number of carbonyl (C=O) groups excluding carboxylic acids is 1. The molecule has 33 heavy (non-hydrogen) atoms. The standard InChI is InChI=1S/C25H27ClN2O4S/c1-4-24(18-11-15-22(32-2)16-12-18)27-25(29)19-9-13-21(14-10-19)28(33(3,30)31)17-20-7-5-6-8-23(20)26/h5-16,24H,4,17H2,1-3H3,(H,27,29)/t24-/m0/s1. The molecule has 3 aromatic rings. The van der Waals surface area contributed by atoms with Crippen LogP contribution in [0.25, 0.3) is 0 Å². The zero-order chi connectivity index (χ0) is 24.0. The highest BCUT2D eigenvalue weighted by molar-refractivity contribution is 7.92. The van der Waals surface area contributed by atoms with E-state index < -0.39 is 10.0 Å².